The lowest BCUT2D eigenvalue weighted by atomic mass is 9.93. The van der Waals surface area contributed by atoms with Gasteiger partial charge in [-0.05, 0) is 31.2 Å². The molecule has 1 rings (SSSR count). The highest BCUT2D eigenvalue weighted by Crippen LogP contribution is 2.16. The first-order valence-corrected chi connectivity index (χ1v) is 8.09. The molecule has 0 bridgehead atoms. The van der Waals surface area contributed by atoms with Crippen molar-refractivity contribution < 1.29 is 4.79 Å². The van der Waals surface area contributed by atoms with Crippen LogP contribution in [0.5, 0.6) is 0 Å². The monoisotopic (exact) mass is 275 g/mol. The summed E-state index contributed by atoms with van der Waals surface area (Å²) in [7, 11) is 0. The highest BCUT2D eigenvalue weighted by Gasteiger charge is 2.17. The zero-order valence-corrected chi connectivity index (χ0v) is 13.0. The van der Waals surface area contributed by atoms with Gasteiger partial charge in [0.05, 0.1) is 0 Å². The summed E-state index contributed by atoms with van der Waals surface area (Å²) in [6, 6.07) is 10.5. The minimum Gasteiger partial charge on any atom is -0.356 e. The Morgan fingerprint density at radius 3 is 2.40 bits per heavy atom. The van der Waals surface area contributed by atoms with Crippen molar-refractivity contribution in [1.29, 1.82) is 0 Å². The van der Waals surface area contributed by atoms with E-state index in [0.29, 0.717) is 0 Å². The Morgan fingerprint density at radius 1 is 1.05 bits per heavy atom. The van der Waals surface area contributed by atoms with Crippen molar-refractivity contribution in [3.05, 3.63) is 35.9 Å². The van der Waals surface area contributed by atoms with Crippen LogP contribution in [0.25, 0.3) is 0 Å². The molecule has 1 aromatic rings. The third-order valence-corrected chi connectivity index (χ3v) is 3.73. The van der Waals surface area contributed by atoms with Crippen molar-refractivity contribution in [2.75, 3.05) is 6.54 Å². The highest BCUT2D eigenvalue weighted by molar-refractivity contribution is 5.78. The fourth-order valence-electron chi connectivity index (χ4n) is 2.38. The number of benzene rings is 1. The van der Waals surface area contributed by atoms with Crippen LogP contribution in [0, 0.1) is 5.92 Å². The fraction of sp³-hybridized carbons (Fsp3) is 0.611. The number of hydrogen-bond acceptors (Lipinski definition) is 1. The first-order valence-electron chi connectivity index (χ1n) is 8.09. The third-order valence-electron chi connectivity index (χ3n) is 3.73. The molecular formula is C18H29NO. The van der Waals surface area contributed by atoms with E-state index in [4.69, 9.17) is 0 Å². The van der Waals surface area contributed by atoms with E-state index in [1.807, 2.05) is 6.07 Å². The van der Waals surface area contributed by atoms with E-state index < -0.39 is 0 Å². The van der Waals surface area contributed by atoms with Gasteiger partial charge >= 0.3 is 0 Å². The van der Waals surface area contributed by atoms with E-state index in [2.05, 4.69) is 43.4 Å². The fourth-order valence-corrected chi connectivity index (χ4v) is 2.38. The molecule has 0 saturated heterocycles. The van der Waals surface area contributed by atoms with Crippen molar-refractivity contribution in [2.45, 2.75) is 58.8 Å². The van der Waals surface area contributed by atoms with Gasteiger partial charge in [0.1, 0.15) is 0 Å². The van der Waals surface area contributed by atoms with E-state index in [1.54, 1.807) is 0 Å². The van der Waals surface area contributed by atoms with Gasteiger partial charge < -0.3 is 5.32 Å². The summed E-state index contributed by atoms with van der Waals surface area (Å²) in [6.45, 7) is 5.16. The lowest BCUT2D eigenvalue weighted by Crippen LogP contribution is -2.31. The third kappa shape index (κ3) is 6.74. The van der Waals surface area contributed by atoms with Crippen LogP contribution in [0.2, 0.25) is 0 Å². The van der Waals surface area contributed by atoms with Crippen molar-refractivity contribution in [1.82, 2.24) is 5.32 Å². The summed E-state index contributed by atoms with van der Waals surface area (Å²) in [6.07, 6.45) is 7.47. The standard InChI is InChI=1S/C18H29NO/c1-3-5-12-17(18(20)19-15-6-4-2)14-13-16-10-8-7-9-11-16/h7-11,17H,3-6,12-15H2,1-2H3,(H,19,20). The van der Waals surface area contributed by atoms with Gasteiger partial charge in [0.15, 0.2) is 0 Å². The van der Waals surface area contributed by atoms with Crippen LogP contribution in [0.4, 0.5) is 0 Å². The Labute approximate surface area is 124 Å². The summed E-state index contributed by atoms with van der Waals surface area (Å²) >= 11 is 0. The molecule has 2 heteroatoms. The molecule has 20 heavy (non-hydrogen) atoms. The number of nitrogens with one attached hydrogen (secondary N) is 1. The van der Waals surface area contributed by atoms with E-state index in [0.717, 1.165) is 51.5 Å². The van der Waals surface area contributed by atoms with E-state index in [-0.39, 0.29) is 11.8 Å². The first kappa shape index (κ1) is 16.7. The highest BCUT2D eigenvalue weighted by atomic mass is 16.1. The van der Waals surface area contributed by atoms with Crippen LogP contribution in [0.15, 0.2) is 30.3 Å². The SMILES string of the molecule is CCCCNC(=O)C(CCCC)CCc1ccccc1. The van der Waals surface area contributed by atoms with Gasteiger partial charge in [-0.25, -0.2) is 0 Å². The van der Waals surface area contributed by atoms with Crippen LogP contribution in [-0.4, -0.2) is 12.5 Å². The lowest BCUT2D eigenvalue weighted by molar-refractivity contribution is -0.125. The molecule has 1 atom stereocenters. The summed E-state index contributed by atoms with van der Waals surface area (Å²) in [5.74, 6) is 0.426. The van der Waals surface area contributed by atoms with Gasteiger partial charge in [-0.2, -0.15) is 0 Å². The molecule has 0 aliphatic rings. The quantitative estimate of drug-likeness (QED) is 0.632. The average Bonchev–Trinajstić information content (AvgIpc) is 2.48. The van der Waals surface area contributed by atoms with Crippen LogP contribution >= 0.6 is 0 Å². The topological polar surface area (TPSA) is 29.1 Å². The van der Waals surface area contributed by atoms with Crippen molar-refractivity contribution in [2.24, 2.45) is 5.92 Å². The first-order chi connectivity index (χ1) is 9.77. The maximum Gasteiger partial charge on any atom is 0.223 e. The Kier molecular flexibility index (Phi) is 8.77. The molecule has 0 fully saturated rings. The molecular weight excluding hydrogens is 246 g/mol. The van der Waals surface area contributed by atoms with E-state index >= 15 is 0 Å². The van der Waals surface area contributed by atoms with Gasteiger partial charge in [-0.15, -0.1) is 0 Å². The van der Waals surface area contributed by atoms with Gasteiger partial charge in [0.25, 0.3) is 0 Å². The van der Waals surface area contributed by atoms with Gasteiger partial charge in [-0.3, -0.25) is 4.79 Å². The minimum atomic E-state index is 0.173. The molecule has 1 aromatic carbocycles. The van der Waals surface area contributed by atoms with Crippen molar-refractivity contribution >= 4 is 5.91 Å². The van der Waals surface area contributed by atoms with E-state index in [1.165, 1.54) is 5.56 Å². The van der Waals surface area contributed by atoms with E-state index in [9.17, 15) is 4.79 Å². The summed E-state index contributed by atoms with van der Waals surface area (Å²) in [4.78, 5) is 12.2. The minimum absolute atomic E-state index is 0.173. The normalized spacial score (nSPS) is 12.1. The number of aryl methyl sites for hydroxylation is 1. The number of amides is 1. The Hall–Kier alpha value is -1.31. The number of carbonyl (C=O) groups is 1. The lowest BCUT2D eigenvalue weighted by Gasteiger charge is -2.16. The second-order valence-electron chi connectivity index (χ2n) is 5.51. The predicted molar refractivity (Wildman–Crippen MR) is 85.7 cm³/mol. The molecule has 0 spiro atoms. The van der Waals surface area contributed by atoms with Crippen LogP contribution in [0.1, 0.15) is 57.9 Å². The van der Waals surface area contributed by atoms with Gasteiger partial charge in [0.2, 0.25) is 5.91 Å². The number of hydrogen-bond donors (Lipinski definition) is 1. The molecule has 1 amide bonds. The van der Waals surface area contributed by atoms with Gasteiger partial charge in [0, 0.05) is 12.5 Å². The molecule has 0 aliphatic heterocycles. The Bertz CT molecular complexity index is 361. The number of rotatable bonds is 10. The molecule has 2 nitrogen and oxygen atoms in total. The van der Waals surface area contributed by atoms with Gasteiger partial charge in [-0.1, -0.05) is 63.4 Å². The molecule has 0 aromatic heterocycles. The van der Waals surface area contributed by atoms with Crippen molar-refractivity contribution in [3.8, 4) is 0 Å². The molecule has 0 heterocycles. The molecule has 0 radical (unpaired) electrons. The Morgan fingerprint density at radius 2 is 1.75 bits per heavy atom. The predicted octanol–water partition coefficient (Wildman–Crippen LogP) is 4.34. The smallest absolute Gasteiger partial charge is 0.223 e. The molecule has 1 N–H and O–H groups in total. The molecule has 0 saturated carbocycles. The molecule has 1 unspecified atom stereocenters. The van der Waals surface area contributed by atoms with Crippen LogP contribution < -0.4 is 5.32 Å². The maximum atomic E-state index is 12.2. The molecule has 0 aliphatic carbocycles. The molecule has 112 valence electrons. The van der Waals surface area contributed by atoms with Crippen LogP contribution in [-0.2, 0) is 11.2 Å². The zero-order chi connectivity index (χ0) is 14.6. The van der Waals surface area contributed by atoms with Crippen molar-refractivity contribution in [3.63, 3.8) is 0 Å². The number of unbranched alkanes of at least 4 members (excludes halogenated alkanes) is 2. The Balaban J connectivity index is 2.44. The second-order valence-corrected chi connectivity index (χ2v) is 5.51. The summed E-state index contributed by atoms with van der Waals surface area (Å²) in [5, 5.41) is 3.09. The zero-order valence-electron chi connectivity index (χ0n) is 13.0. The summed E-state index contributed by atoms with van der Waals surface area (Å²) in [5.41, 5.74) is 1.33. The van der Waals surface area contributed by atoms with Crippen LogP contribution in [0.3, 0.4) is 0 Å². The number of carbonyl (C=O) groups excluding carboxylic acids is 1. The maximum absolute atomic E-state index is 12.2. The average molecular weight is 275 g/mol. The largest absolute Gasteiger partial charge is 0.356 e. The second kappa shape index (κ2) is 10.5. The summed E-state index contributed by atoms with van der Waals surface area (Å²) < 4.78 is 0.